The van der Waals surface area contributed by atoms with Crippen LogP contribution in [-0.4, -0.2) is 25.0 Å². The Morgan fingerprint density at radius 2 is 2.26 bits per heavy atom. The van der Waals surface area contributed by atoms with E-state index in [1.54, 1.807) is 12.1 Å². The van der Waals surface area contributed by atoms with Crippen LogP contribution < -0.4 is 11.1 Å². The van der Waals surface area contributed by atoms with Gasteiger partial charge in [0.15, 0.2) is 0 Å². The molecule has 19 heavy (non-hydrogen) atoms. The van der Waals surface area contributed by atoms with Crippen LogP contribution in [-0.2, 0) is 9.53 Å². The van der Waals surface area contributed by atoms with Gasteiger partial charge in [-0.2, -0.15) is 0 Å². The van der Waals surface area contributed by atoms with Crippen molar-refractivity contribution < 1.29 is 14.3 Å². The highest BCUT2D eigenvalue weighted by atomic mass is 35.5. The van der Waals surface area contributed by atoms with Crippen LogP contribution in [0.1, 0.15) is 16.8 Å². The smallest absolute Gasteiger partial charge is 0.340 e. The number of nitrogens with one attached hydrogen (secondary N) is 1. The predicted octanol–water partition coefficient (Wildman–Crippen LogP) is 1.97. The van der Waals surface area contributed by atoms with E-state index in [1.807, 2.05) is 0 Å². The molecule has 1 aromatic rings. The van der Waals surface area contributed by atoms with Crippen LogP contribution in [0.25, 0.3) is 0 Å². The van der Waals surface area contributed by atoms with Crippen molar-refractivity contribution >= 4 is 29.2 Å². The number of benzene rings is 1. The Kier molecular flexibility index (Phi) is 5.54. The van der Waals surface area contributed by atoms with E-state index in [2.05, 4.69) is 16.6 Å². The number of nitrogens with two attached hydrogens (primary N) is 1. The predicted molar refractivity (Wildman–Crippen MR) is 74.2 cm³/mol. The first-order valence-corrected chi connectivity index (χ1v) is 5.92. The maximum Gasteiger partial charge on any atom is 0.340 e. The molecule has 0 aliphatic heterocycles. The van der Waals surface area contributed by atoms with Crippen molar-refractivity contribution in [2.45, 2.75) is 12.5 Å². The molecule has 5 nitrogen and oxygen atoms in total. The van der Waals surface area contributed by atoms with E-state index in [4.69, 9.17) is 17.3 Å². The third kappa shape index (κ3) is 4.08. The standard InChI is InChI=1S/C13H15ClN2O3/c1-3-4-10(15)12(17)16-11-6-5-8(14)7-9(11)13(18)19-2/h3,5-7,10H,1,4,15H2,2H3,(H,16,17). The molecule has 3 N–H and O–H groups in total. The lowest BCUT2D eigenvalue weighted by molar-refractivity contribution is -0.117. The van der Waals surface area contributed by atoms with Crippen molar-refractivity contribution in [3.63, 3.8) is 0 Å². The normalized spacial score (nSPS) is 11.5. The van der Waals surface area contributed by atoms with E-state index in [0.717, 1.165) is 0 Å². The zero-order valence-electron chi connectivity index (χ0n) is 10.5. The fraction of sp³-hybridized carbons (Fsp3) is 0.231. The molecule has 0 radical (unpaired) electrons. The highest BCUT2D eigenvalue weighted by molar-refractivity contribution is 6.31. The molecule has 0 bridgehead atoms. The molecule has 1 amide bonds. The summed E-state index contributed by atoms with van der Waals surface area (Å²) in [6, 6.07) is 3.77. The fourth-order valence-electron chi connectivity index (χ4n) is 1.42. The zero-order chi connectivity index (χ0) is 14.4. The molecule has 1 atom stereocenters. The summed E-state index contributed by atoms with van der Waals surface area (Å²) in [6.07, 6.45) is 1.89. The van der Waals surface area contributed by atoms with Crippen molar-refractivity contribution in [3.05, 3.63) is 41.4 Å². The van der Waals surface area contributed by atoms with Crippen LogP contribution in [0.4, 0.5) is 5.69 Å². The van der Waals surface area contributed by atoms with Crippen molar-refractivity contribution in [2.75, 3.05) is 12.4 Å². The number of esters is 1. The maximum absolute atomic E-state index is 11.8. The Bertz CT molecular complexity index is 503. The first kappa shape index (κ1) is 15.2. The average molecular weight is 283 g/mol. The Morgan fingerprint density at radius 3 is 2.84 bits per heavy atom. The number of hydrogen-bond acceptors (Lipinski definition) is 4. The number of hydrogen-bond donors (Lipinski definition) is 2. The molecular formula is C13H15ClN2O3. The van der Waals surface area contributed by atoms with Crippen molar-refractivity contribution in [1.29, 1.82) is 0 Å². The van der Waals surface area contributed by atoms with Crippen LogP contribution >= 0.6 is 11.6 Å². The van der Waals surface area contributed by atoms with Crippen LogP contribution in [0.3, 0.4) is 0 Å². The minimum atomic E-state index is -0.723. The van der Waals surface area contributed by atoms with Gasteiger partial charge in [0.2, 0.25) is 5.91 Å². The summed E-state index contributed by atoms with van der Waals surface area (Å²) in [5.41, 5.74) is 6.12. The minimum Gasteiger partial charge on any atom is -0.465 e. The number of carbonyl (C=O) groups is 2. The van der Waals surface area contributed by atoms with Gasteiger partial charge in [-0.15, -0.1) is 6.58 Å². The summed E-state index contributed by atoms with van der Waals surface area (Å²) < 4.78 is 4.63. The monoisotopic (exact) mass is 282 g/mol. The van der Waals surface area contributed by atoms with Gasteiger partial charge in [-0.3, -0.25) is 4.79 Å². The van der Waals surface area contributed by atoms with Gasteiger partial charge in [-0.05, 0) is 24.6 Å². The minimum absolute atomic E-state index is 0.175. The van der Waals surface area contributed by atoms with E-state index >= 15 is 0 Å². The fourth-order valence-corrected chi connectivity index (χ4v) is 1.59. The number of halogens is 1. The largest absolute Gasteiger partial charge is 0.465 e. The molecule has 0 aromatic heterocycles. The maximum atomic E-state index is 11.8. The number of anilines is 1. The van der Waals surface area contributed by atoms with Crippen molar-refractivity contribution in [2.24, 2.45) is 5.73 Å². The summed E-state index contributed by atoms with van der Waals surface area (Å²) in [5, 5.41) is 2.94. The van der Waals surface area contributed by atoms with E-state index in [1.165, 1.54) is 19.2 Å². The number of rotatable bonds is 5. The van der Waals surface area contributed by atoms with Crippen LogP contribution in [0.15, 0.2) is 30.9 Å². The third-order valence-electron chi connectivity index (χ3n) is 2.40. The van der Waals surface area contributed by atoms with Gasteiger partial charge in [0.1, 0.15) is 0 Å². The van der Waals surface area contributed by atoms with Gasteiger partial charge in [-0.1, -0.05) is 17.7 Å². The Labute approximate surface area is 116 Å². The van der Waals surface area contributed by atoms with Gasteiger partial charge < -0.3 is 15.8 Å². The molecular weight excluding hydrogens is 268 g/mol. The number of ether oxygens (including phenoxy) is 1. The van der Waals surface area contributed by atoms with Gasteiger partial charge in [0.05, 0.1) is 24.4 Å². The van der Waals surface area contributed by atoms with Crippen molar-refractivity contribution in [3.8, 4) is 0 Å². The van der Waals surface area contributed by atoms with Gasteiger partial charge in [0, 0.05) is 5.02 Å². The molecule has 0 aliphatic carbocycles. The van der Waals surface area contributed by atoms with Gasteiger partial charge in [0.25, 0.3) is 0 Å². The van der Waals surface area contributed by atoms with Crippen LogP contribution in [0, 0.1) is 0 Å². The Hall–Kier alpha value is -1.85. The summed E-state index contributed by atoms with van der Waals surface area (Å²) in [7, 11) is 1.25. The second-order valence-corrected chi connectivity index (χ2v) is 4.24. The second-order valence-electron chi connectivity index (χ2n) is 3.80. The highest BCUT2D eigenvalue weighted by Crippen LogP contribution is 2.21. The first-order chi connectivity index (χ1) is 8.99. The van der Waals surface area contributed by atoms with E-state index < -0.39 is 17.9 Å². The van der Waals surface area contributed by atoms with Crippen LogP contribution in [0.5, 0.6) is 0 Å². The summed E-state index contributed by atoms with van der Waals surface area (Å²) in [6.45, 7) is 3.51. The molecule has 0 spiro atoms. The first-order valence-electron chi connectivity index (χ1n) is 5.54. The topological polar surface area (TPSA) is 81.4 Å². The zero-order valence-corrected chi connectivity index (χ0v) is 11.2. The quantitative estimate of drug-likeness (QED) is 0.639. The highest BCUT2D eigenvalue weighted by Gasteiger charge is 2.17. The van der Waals surface area contributed by atoms with Crippen molar-refractivity contribution in [1.82, 2.24) is 0 Å². The second kappa shape index (κ2) is 6.92. The van der Waals surface area contributed by atoms with E-state index in [-0.39, 0.29) is 5.56 Å². The molecule has 1 unspecified atom stereocenters. The van der Waals surface area contributed by atoms with Gasteiger partial charge in [-0.25, -0.2) is 4.79 Å². The molecule has 0 saturated heterocycles. The third-order valence-corrected chi connectivity index (χ3v) is 2.64. The van der Waals surface area contributed by atoms with E-state index in [9.17, 15) is 9.59 Å². The molecule has 0 heterocycles. The lowest BCUT2D eigenvalue weighted by Gasteiger charge is -2.13. The van der Waals surface area contributed by atoms with Crippen LogP contribution in [0.2, 0.25) is 5.02 Å². The molecule has 0 fully saturated rings. The summed E-state index contributed by atoms with van der Waals surface area (Å²) in [5.74, 6) is -0.998. The Morgan fingerprint density at radius 1 is 1.58 bits per heavy atom. The summed E-state index contributed by atoms with van der Waals surface area (Å²) >= 11 is 5.81. The molecule has 0 saturated carbocycles. The number of amides is 1. The van der Waals surface area contributed by atoms with E-state index in [0.29, 0.717) is 17.1 Å². The molecule has 6 heteroatoms. The lowest BCUT2D eigenvalue weighted by Crippen LogP contribution is -2.35. The SMILES string of the molecule is C=CCC(N)C(=O)Nc1ccc(Cl)cc1C(=O)OC. The lowest BCUT2D eigenvalue weighted by atomic mass is 10.1. The molecule has 102 valence electrons. The Balaban J connectivity index is 2.97. The molecule has 1 aromatic carbocycles. The number of carbonyl (C=O) groups excluding carboxylic acids is 2. The van der Waals surface area contributed by atoms with Gasteiger partial charge >= 0.3 is 5.97 Å². The average Bonchev–Trinajstić information content (AvgIpc) is 2.40. The molecule has 1 rings (SSSR count). The number of methoxy groups -OCH3 is 1. The molecule has 0 aliphatic rings. The summed E-state index contributed by atoms with van der Waals surface area (Å²) in [4.78, 5) is 23.4.